The van der Waals surface area contributed by atoms with Crippen molar-refractivity contribution in [3.8, 4) is 0 Å². The van der Waals surface area contributed by atoms with Gasteiger partial charge in [-0.15, -0.1) is 0 Å². The average Bonchev–Trinajstić information content (AvgIpc) is 3.16. The molecule has 0 aromatic heterocycles. The maximum atomic E-state index is 5.88. The molecule has 2 atom stereocenters. The standard InChI is InChI=1S/C16H16O2/c1-12-8-6-7-11-14(12)16(15(17-2)18-16)13-9-4-3-5-10-13/h3-11,15H,1-2H3. The van der Waals surface area contributed by atoms with Crippen molar-refractivity contribution >= 4 is 0 Å². The number of methoxy groups -OCH3 is 1. The van der Waals surface area contributed by atoms with Crippen LogP contribution in [0, 0.1) is 6.92 Å². The monoisotopic (exact) mass is 240 g/mol. The molecule has 1 aliphatic rings. The van der Waals surface area contributed by atoms with Crippen molar-refractivity contribution in [1.29, 1.82) is 0 Å². The van der Waals surface area contributed by atoms with Crippen LogP contribution in [0.4, 0.5) is 0 Å². The number of aryl methyl sites for hydroxylation is 1. The van der Waals surface area contributed by atoms with Gasteiger partial charge in [0.05, 0.1) is 0 Å². The highest BCUT2D eigenvalue weighted by molar-refractivity contribution is 5.45. The summed E-state index contributed by atoms with van der Waals surface area (Å²) >= 11 is 0. The number of rotatable bonds is 3. The maximum absolute atomic E-state index is 5.88. The van der Waals surface area contributed by atoms with Crippen molar-refractivity contribution in [2.24, 2.45) is 0 Å². The van der Waals surface area contributed by atoms with E-state index in [1.807, 2.05) is 30.3 Å². The molecule has 0 aliphatic carbocycles. The van der Waals surface area contributed by atoms with Gasteiger partial charge in [0.2, 0.25) is 0 Å². The van der Waals surface area contributed by atoms with Gasteiger partial charge in [-0.05, 0) is 23.6 Å². The zero-order valence-electron chi connectivity index (χ0n) is 10.6. The summed E-state index contributed by atoms with van der Waals surface area (Å²) in [5.41, 5.74) is 3.12. The topological polar surface area (TPSA) is 21.8 Å². The van der Waals surface area contributed by atoms with Crippen LogP contribution >= 0.6 is 0 Å². The average molecular weight is 240 g/mol. The molecule has 2 heteroatoms. The fourth-order valence-corrected chi connectivity index (χ4v) is 2.57. The van der Waals surface area contributed by atoms with Crippen molar-refractivity contribution in [3.05, 3.63) is 71.3 Å². The molecule has 1 aliphatic heterocycles. The Morgan fingerprint density at radius 2 is 1.67 bits per heavy atom. The first-order valence-corrected chi connectivity index (χ1v) is 6.11. The van der Waals surface area contributed by atoms with Crippen LogP contribution in [0.1, 0.15) is 16.7 Å². The summed E-state index contributed by atoms with van der Waals surface area (Å²) in [4.78, 5) is 0. The SMILES string of the molecule is COC1OC1(c1ccccc1)c1ccccc1C. The van der Waals surface area contributed by atoms with Crippen LogP contribution in [0.15, 0.2) is 54.6 Å². The van der Waals surface area contributed by atoms with E-state index in [1.54, 1.807) is 7.11 Å². The largest absolute Gasteiger partial charge is 0.352 e. The number of hydrogen-bond donors (Lipinski definition) is 0. The van der Waals surface area contributed by atoms with E-state index < -0.39 is 5.60 Å². The summed E-state index contributed by atoms with van der Waals surface area (Å²) in [7, 11) is 1.69. The first kappa shape index (κ1) is 11.5. The van der Waals surface area contributed by atoms with Gasteiger partial charge in [-0.25, -0.2) is 0 Å². The quantitative estimate of drug-likeness (QED) is 0.768. The molecule has 0 saturated carbocycles. The molecule has 2 nitrogen and oxygen atoms in total. The third-order valence-electron chi connectivity index (χ3n) is 3.53. The van der Waals surface area contributed by atoms with Crippen LogP contribution in [0.25, 0.3) is 0 Å². The fourth-order valence-electron chi connectivity index (χ4n) is 2.57. The van der Waals surface area contributed by atoms with Crippen molar-refractivity contribution in [2.75, 3.05) is 7.11 Å². The van der Waals surface area contributed by atoms with E-state index in [2.05, 4.69) is 31.2 Å². The number of epoxide rings is 1. The zero-order valence-corrected chi connectivity index (χ0v) is 10.6. The molecular weight excluding hydrogens is 224 g/mol. The zero-order chi connectivity index (χ0) is 12.6. The van der Waals surface area contributed by atoms with Gasteiger partial charge >= 0.3 is 0 Å². The van der Waals surface area contributed by atoms with E-state index in [4.69, 9.17) is 9.47 Å². The van der Waals surface area contributed by atoms with E-state index in [-0.39, 0.29) is 6.29 Å². The highest BCUT2D eigenvalue weighted by Gasteiger charge is 2.60. The molecule has 0 spiro atoms. The van der Waals surface area contributed by atoms with Crippen molar-refractivity contribution in [3.63, 3.8) is 0 Å². The second-order valence-corrected chi connectivity index (χ2v) is 4.60. The predicted molar refractivity (Wildman–Crippen MR) is 70.3 cm³/mol. The normalized spacial score (nSPS) is 26.0. The van der Waals surface area contributed by atoms with E-state index >= 15 is 0 Å². The molecule has 2 aromatic carbocycles. The molecule has 92 valence electrons. The van der Waals surface area contributed by atoms with Gasteiger partial charge in [-0.3, -0.25) is 0 Å². The lowest BCUT2D eigenvalue weighted by Crippen LogP contribution is -2.17. The van der Waals surface area contributed by atoms with Crippen LogP contribution < -0.4 is 0 Å². The number of hydrogen-bond acceptors (Lipinski definition) is 2. The third-order valence-corrected chi connectivity index (χ3v) is 3.53. The molecular formula is C16H16O2. The summed E-state index contributed by atoms with van der Waals surface area (Å²) in [5.74, 6) is 0. The summed E-state index contributed by atoms with van der Waals surface area (Å²) in [6.07, 6.45) is -0.194. The Balaban J connectivity index is 2.13. The Hall–Kier alpha value is -1.64. The fraction of sp³-hybridized carbons (Fsp3) is 0.250. The molecule has 0 amide bonds. The van der Waals surface area contributed by atoms with Gasteiger partial charge in [-0.1, -0.05) is 54.6 Å². The highest BCUT2D eigenvalue weighted by atomic mass is 16.8. The van der Waals surface area contributed by atoms with Gasteiger partial charge < -0.3 is 9.47 Å². The minimum Gasteiger partial charge on any atom is -0.352 e. The lowest BCUT2D eigenvalue weighted by Gasteiger charge is -2.16. The smallest absolute Gasteiger partial charge is 0.196 e. The molecule has 3 rings (SSSR count). The predicted octanol–water partition coefficient (Wildman–Crippen LogP) is 3.24. The van der Waals surface area contributed by atoms with Crippen LogP contribution in [-0.2, 0) is 15.1 Å². The molecule has 1 heterocycles. The Labute approximate surface area is 107 Å². The van der Waals surface area contributed by atoms with E-state index in [0.29, 0.717) is 0 Å². The minimum absolute atomic E-state index is 0.194. The lowest BCUT2D eigenvalue weighted by molar-refractivity contribution is 0.0950. The molecule has 1 fully saturated rings. The van der Waals surface area contributed by atoms with Gasteiger partial charge in [-0.2, -0.15) is 0 Å². The summed E-state index contributed by atoms with van der Waals surface area (Å²) in [5, 5.41) is 0. The maximum Gasteiger partial charge on any atom is 0.196 e. The number of ether oxygens (including phenoxy) is 2. The molecule has 1 saturated heterocycles. The van der Waals surface area contributed by atoms with E-state index in [0.717, 1.165) is 5.56 Å². The van der Waals surface area contributed by atoms with Crippen molar-refractivity contribution in [2.45, 2.75) is 18.8 Å². The summed E-state index contributed by atoms with van der Waals surface area (Å²) < 4.78 is 11.3. The molecule has 0 N–H and O–H groups in total. The van der Waals surface area contributed by atoms with Crippen LogP contribution in [0.5, 0.6) is 0 Å². The van der Waals surface area contributed by atoms with Gasteiger partial charge in [0, 0.05) is 7.11 Å². The Kier molecular flexibility index (Phi) is 2.69. The summed E-state index contributed by atoms with van der Waals surface area (Å²) in [6.45, 7) is 2.11. The number of benzene rings is 2. The van der Waals surface area contributed by atoms with Crippen LogP contribution in [0.2, 0.25) is 0 Å². The van der Waals surface area contributed by atoms with Crippen LogP contribution in [-0.4, -0.2) is 13.4 Å². The Morgan fingerprint density at radius 1 is 1.00 bits per heavy atom. The molecule has 18 heavy (non-hydrogen) atoms. The van der Waals surface area contributed by atoms with E-state index in [9.17, 15) is 0 Å². The van der Waals surface area contributed by atoms with Crippen molar-refractivity contribution < 1.29 is 9.47 Å². The second kappa shape index (κ2) is 4.23. The molecule has 2 aromatic rings. The van der Waals surface area contributed by atoms with Crippen LogP contribution in [0.3, 0.4) is 0 Å². The minimum atomic E-state index is -0.429. The van der Waals surface area contributed by atoms with Gasteiger partial charge in [0.25, 0.3) is 0 Å². The first-order valence-electron chi connectivity index (χ1n) is 6.11. The third kappa shape index (κ3) is 1.57. The lowest BCUT2D eigenvalue weighted by atomic mass is 9.88. The molecule has 0 radical (unpaired) electrons. The molecule has 0 bridgehead atoms. The first-order chi connectivity index (χ1) is 8.79. The van der Waals surface area contributed by atoms with Gasteiger partial charge in [0.1, 0.15) is 0 Å². The second-order valence-electron chi connectivity index (χ2n) is 4.60. The Bertz CT molecular complexity index is 550. The van der Waals surface area contributed by atoms with Crippen molar-refractivity contribution in [1.82, 2.24) is 0 Å². The highest BCUT2D eigenvalue weighted by Crippen LogP contribution is 2.52. The Morgan fingerprint density at radius 3 is 2.28 bits per heavy atom. The summed E-state index contributed by atoms with van der Waals surface area (Å²) in [6, 6.07) is 18.6. The van der Waals surface area contributed by atoms with Gasteiger partial charge in [0.15, 0.2) is 11.9 Å². The molecule has 2 unspecified atom stereocenters. The van der Waals surface area contributed by atoms with E-state index in [1.165, 1.54) is 11.1 Å².